The first-order valence-electron chi connectivity index (χ1n) is 7.68. The van der Waals surface area contributed by atoms with Crippen LogP contribution in [0.1, 0.15) is 64.2 Å². The van der Waals surface area contributed by atoms with Gasteiger partial charge in [-0.1, -0.05) is 51.4 Å². The summed E-state index contributed by atoms with van der Waals surface area (Å²) < 4.78 is 0. The third-order valence-electron chi connectivity index (χ3n) is 3.35. The lowest BCUT2D eigenvalue weighted by atomic mass is 10.1. The highest BCUT2D eigenvalue weighted by molar-refractivity contribution is 7.80. The average molecular weight is 289 g/mol. The van der Waals surface area contributed by atoms with Gasteiger partial charge in [0.2, 0.25) is 0 Å². The van der Waals surface area contributed by atoms with Crippen LogP contribution in [0.4, 0.5) is 0 Å². The van der Waals surface area contributed by atoms with E-state index in [0.29, 0.717) is 0 Å². The van der Waals surface area contributed by atoms with Gasteiger partial charge in [-0.2, -0.15) is 12.6 Å². The average Bonchev–Trinajstić information content (AvgIpc) is 2.35. The Morgan fingerprint density at radius 3 is 1.74 bits per heavy atom. The maximum atomic E-state index is 10.5. The van der Waals surface area contributed by atoms with Gasteiger partial charge in [-0.05, 0) is 32.2 Å². The van der Waals surface area contributed by atoms with Gasteiger partial charge in [-0.3, -0.25) is 9.69 Å². The van der Waals surface area contributed by atoms with Crippen LogP contribution >= 0.6 is 12.6 Å². The van der Waals surface area contributed by atoms with Crippen LogP contribution in [0, 0.1) is 0 Å². The van der Waals surface area contributed by atoms with Gasteiger partial charge in [0.05, 0.1) is 6.54 Å². The predicted octanol–water partition coefficient (Wildman–Crippen LogP) is 3.83. The van der Waals surface area contributed by atoms with Gasteiger partial charge in [-0.15, -0.1) is 0 Å². The molecule has 0 aliphatic rings. The molecule has 0 aromatic rings. The highest BCUT2D eigenvalue weighted by atomic mass is 32.1. The monoisotopic (exact) mass is 289 g/mol. The number of unbranched alkanes of at least 4 members (excludes halogenated alkanes) is 9. The lowest BCUT2D eigenvalue weighted by Crippen LogP contribution is -2.26. The van der Waals surface area contributed by atoms with Gasteiger partial charge in [-0.25, -0.2) is 0 Å². The zero-order chi connectivity index (χ0) is 14.3. The number of aliphatic carboxylic acids is 1. The quantitative estimate of drug-likeness (QED) is 0.377. The second kappa shape index (κ2) is 14.2. The van der Waals surface area contributed by atoms with Crippen molar-refractivity contribution in [1.29, 1.82) is 0 Å². The summed E-state index contributed by atoms with van der Waals surface area (Å²) in [5.41, 5.74) is 0. The second-order valence-electron chi connectivity index (χ2n) is 5.39. The van der Waals surface area contributed by atoms with Crippen molar-refractivity contribution in [2.24, 2.45) is 0 Å². The van der Waals surface area contributed by atoms with E-state index in [1.54, 1.807) is 0 Å². The van der Waals surface area contributed by atoms with E-state index < -0.39 is 5.97 Å². The van der Waals surface area contributed by atoms with E-state index in [1.807, 2.05) is 11.9 Å². The van der Waals surface area contributed by atoms with Crippen LogP contribution in [0.5, 0.6) is 0 Å². The molecule has 0 unspecified atom stereocenters. The maximum absolute atomic E-state index is 10.5. The molecule has 19 heavy (non-hydrogen) atoms. The normalized spacial score (nSPS) is 11.1. The number of carbonyl (C=O) groups is 1. The van der Waals surface area contributed by atoms with Gasteiger partial charge in [0, 0.05) is 0 Å². The summed E-state index contributed by atoms with van der Waals surface area (Å²) in [5, 5.41) is 8.62. The van der Waals surface area contributed by atoms with Crippen molar-refractivity contribution in [3.8, 4) is 0 Å². The Hall–Kier alpha value is -0.220. The molecule has 0 saturated carbocycles. The highest BCUT2D eigenvalue weighted by Crippen LogP contribution is 2.10. The number of thiol groups is 1. The number of hydrogen-bond acceptors (Lipinski definition) is 3. The Labute approximate surface area is 124 Å². The van der Waals surface area contributed by atoms with Gasteiger partial charge < -0.3 is 5.11 Å². The smallest absolute Gasteiger partial charge is 0.317 e. The number of carboxylic acids is 1. The minimum atomic E-state index is -0.736. The Kier molecular flexibility index (Phi) is 14.0. The molecule has 114 valence electrons. The Morgan fingerprint density at radius 2 is 1.32 bits per heavy atom. The molecule has 0 radical (unpaired) electrons. The number of likely N-dealkylation sites (N-methyl/N-ethyl adjacent to an activating group) is 1. The van der Waals surface area contributed by atoms with E-state index in [2.05, 4.69) is 12.6 Å². The standard InChI is InChI=1S/C15H31NO2S/c1-16(14-15(17)18)12-10-8-6-4-2-3-5-7-9-11-13-19/h19H,2-14H2,1H3,(H,17,18). The molecule has 0 saturated heterocycles. The molecule has 3 nitrogen and oxygen atoms in total. The van der Waals surface area contributed by atoms with Gasteiger partial charge in [0.25, 0.3) is 0 Å². The number of rotatable bonds is 14. The summed E-state index contributed by atoms with van der Waals surface area (Å²) in [7, 11) is 1.87. The summed E-state index contributed by atoms with van der Waals surface area (Å²) in [4.78, 5) is 12.3. The molecule has 0 amide bonds. The summed E-state index contributed by atoms with van der Waals surface area (Å²) in [6, 6.07) is 0. The summed E-state index contributed by atoms with van der Waals surface area (Å²) >= 11 is 4.21. The third kappa shape index (κ3) is 15.7. The van der Waals surface area contributed by atoms with E-state index in [9.17, 15) is 4.79 Å². The molecule has 0 aliphatic heterocycles. The summed E-state index contributed by atoms with van der Waals surface area (Å²) in [6.07, 6.45) is 13.0. The van der Waals surface area contributed by atoms with E-state index in [0.717, 1.165) is 18.7 Å². The van der Waals surface area contributed by atoms with Crippen LogP contribution < -0.4 is 0 Å². The second-order valence-corrected chi connectivity index (χ2v) is 5.84. The maximum Gasteiger partial charge on any atom is 0.317 e. The largest absolute Gasteiger partial charge is 0.480 e. The molecule has 0 heterocycles. The van der Waals surface area contributed by atoms with Gasteiger partial charge in [0.1, 0.15) is 0 Å². The lowest BCUT2D eigenvalue weighted by molar-refractivity contribution is -0.137. The van der Waals surface area contributed by atoms with E-state index in [4.69, 9.17) is 5.11 Å². The molecule has 0 atom stereocenters. The molecule has 0 aliphatic carbocycles. The highest BCUT2D eigenvalue weighted by Gasteiger charge is 2.02. The van der Waals surface area contributed by atoms with Crippen LogP contribution in [0.25, 0.3) is 0 Å². The van der Waals surface area contributed by atoms with Gasteiger partial charge in [0.15, 0.2) is 0 Å². The minimum absolute atomic E-state index is 0.159. The fraction of sp³-hybridized carbons (Fsp3) is 0.933. The van der Waals surface area contributed by atoms with Crippen LogP contribution in [-0.2, 0) is 4.79 Å². The molecule has 0 aromatic heterocycles. The van der Waals surface area contributed by atoms with Crippen molar-refractivity contribution in [3.05, 3.63) is 0 Å². The van der Waals surface area contributed by atoms with Crippen LogP contribution in [-0.4, -0.2) is 41.9 Å². The molecule has 0 bridgehead atoms. The molecule has 0 aromatic carbocycles. The zero-order valence-electron chi connectivity index (χ0n) is 12.4. The van der Waals surface area contributed by atoms with Gasteiger partial charge >= 0.3 is 5.97 Å². The zero-order valence-corrected chi connectivity index (χ0v) is 13.3. The first kappa shape index (κ1) is 18.8. The first-order chi connectivity index (χ1) is 9.16. The molecule has 0 fully saturated rings. The number of carboxylic acid groups (broad SMARTS) is 1. The topological polar surface area (TPSA) is 40.5 Å². The summed E-state index contributed by atoms with van der Waals surface area (Å²) in [5.74, 6) is 0.288. The predicted molar refractivity (Wildman–Crippen MR) is 85.2 cm³/mol. The SMILES string of the molecule is CN(CCCCCCCCCCCCS)CC(=O)O. The number of nitrogens with zero attached hydrogens (tertiary/aromatic N) is 1. The minimum Gasteiger partial charge on any atom is -0.480 e. The molecule has 1 N–H and O–H groups in total. The molecule has 0 rings (SSSR count). The Balaban J connectivity index is 3.08. The molecular weight excluding hydrogens is 258 g/mol. The van der Waals surface area contributed by atoms with Crippen LogP contribution in [0.3, 0.4) is 0 Å². The van der Waals surface area contributed by atoms with Crippen LogP contribution in [0.2, 0.25) is 0 Å². The van der Waals surface area contributed by atoms with E-state index >= 15 is 0 Å². The van der Waals surface area contributed by atoms with Crippen molar-refractivity contribution < 1.29 is 9.90 Å². The fourth-order valence-electron chi connectivity index (χ4n) is 2.22. The lowest BCUT2D eigenvalue weighted by Gasteiger charge is -2.13. The Bertz CT molecular complexity index is 212. The summed E-state index contributed by atoms with van der Waals surface area (Å²) in [6.45, 7) is 1.06. The van der Waals surface area contributed by atoms with E-state index in [-0.39, 0.29) is 6.54 Å². The van der Waals surface area contributed by atoms with E-state index in [1.165, 1.54) is 57.8 Å². The number of hydrogen-bond donors (Lipinski definition) is 2. The van der Waals surface area contributed by atoms with Crippen molar-refractivity contribution in [3.63, 3.8) is 0 Å². The first-order valence-corrected chi connectivity index (χ1v) is 8.31. The van der Waals surface area contributed by atoms with Crippen molar-refractivity contribution >= 4 is 18.6 Å². The molecule has 0 spiro atoms. The van der Waals surface area contributed by atoms with Crippen molar-refractivity contribution in [2.45, 2.75) is 64.2 Å². The van der Waals surface area contributed by atoms with Crippen LogP contribution in [0.15, 0.2) is 0 Å². The fourth-order valence-corrected chi connectivity index (χ4v) is 2.44. The van der Waals surface area contributed by atoms with Crippen molar-refractivity contribution in [2.75, 3.05) is 25.9 Å². The Morgan fingerprint density at radius 1 is 0.895 bits per heavy atom. The third-order valence-corrected chi connectivity index (χ3v) is 3.67. The van der Waals surface area contributed by atoms with Crippen molar-refractivity contribution in [1.82, 2.24) is 4.90 Å². The molecular formula is C15H31NO2S. The molecule has 4 heteroatoms.